The molecule has 3 aromatic heterocycles. The van der Waals surface area contributed by atoms with Gasteiger partial charge in [0, 0.05) is 46.9 Å². The number of thioether (sulfide) groups is 1. The SMILES string of the molecule is CCc1ccc(=N)n(C(=N)Sc2ccc3ncc(-c4cnn(C5CNC5)c4)cc3c2)n1. The van der Waals surface area contributed by atoms with Crippen LogP contribution in [0.5, 0.6) is 0 Å². The highest BCUT2D eigenvalue weighted by molar-refractivity contribution is 8.13. The van der Waals surface area contributed by atoms with E-state index in [-0.39, 0.29) is 10.7 Å². The van der Waals surface area contributed by atoms with Crippen LogP contribution >= 0.6 is 11.8 Å². The van der Waals surface area contributed by atoms with E-state index in [1.807, 2.05) is 48.3 Å². The molecule has 4 aromatic rings. The molecule has 9 heteroatoms. The van der Waals surface area contributed by atoms with Gasteiger partial charge in [0.25, 0.3) is 0 Å². The average Bonchev–Trinajstić information content (AvgIpc) is 3.21. The van der Waals surface area contributed by atoms with Crippen LogP contribution in [0.15, 0.2) is 59.9 Å². The molecule has 3 N–H and O–H groups in total. The first-order chi connectivity index (χ1) is 15.1. The van der Waals surface area contributed by atoms with Crippen LogP contribution in [0.25, 0.3) is 22.0 Å². The van der Waals surface area contributed by atoms with E-state index in [0.717, 1.165) is 52.1 Å². The summed E-state index contributed by atoms with van der Waals surface area (Å²) in [6, 6.07) is 12.0. The van der Waals surface area contributed by atoms with Crippen LogP contribution in [0.3, 0.4) is 0 Å². The Bertz CT molecular complexity index is 1330. The van der Waals surface area contributed by atoms with Crippen LogP contribution in [0.2, 0.25) is 0 Å². The lowest BCUT2D eigenvalue weighted by Gasteiger charge is -2.27. The lowest BCUT2D eigenvalue weighted by molar-refractivity contribution is 0.318. The second-order valence-electron chi connectivity index (χ2n) is 7.48. The fourth-order valence-corrected chi connectivity index (χ4v) is 4.21. The maximum Gasteiger partial charge on any atom is 0.188 e. The Morgan fingerprint density at radius 2 is 2.03 bits per heavy atom. The summed E-state index contributed by atoms with van der Waals surface area (Å²) in [5.41, 5.74) is 4.01. The van der Waals surface area contributed by atoms with Gasteiger partial charge in [0.1, 0.15) is 5.49 Å². The molecule has 31 heavy (non-hydrogen) atoms. The largest absolute Gasteiger partial charge is 0.312 e. The van der Waals surface area contributed by atoms with Crippen molar-refractivity contribution in [1.29, 1.82) is 10.8 Å². The molecule has 1 saturated heterocycles. The molecule has 4 heterocycles. The Morgan fingerprint density at radius 1 is 1.16 bits per heavy atom. The highest BCUT2D eigenvalue weighted by atomic mass is 32.2. The molecule has 0 radical (unpaired) electrons. The molecule has 0 atom stereocenters. The Morgan fingerprint density at radius 3 is 2.81 bits per heavy atom. The number of nitrogens with one attached hydrogen (secondary N) is 3. The van der Waals surface area contributed by atoms with Crippen LogP contribution in [-0.2, 0) is 6.42 Å². The zero-order valence-corrected chi connectivity index (χ0v) is 17.9. The van der Waals surface area contributed by atoms with Gasteiger partial charge < -0.3 is 5.32 Å². The molecule has 0 amide bonds. The lowest BCUT2D eigenvalue weighted by Crippen LogP contribution is -2.43. The van der Waals surface area contributed by atoms with Gasteiger partial charge in [-0.15, -0.1) is 0 Å². The molecule has 0 spiro atoms. The van der Waals surface area contributed by atoms with Crippen molar-refractivity contribution in [2.75, 3.05) is 13.1 Å². The number of rotatable bonds is 4. The van der Waals surface area contributed by atoms with Crippen molar-refractivity contribution in [3.8, 4) is 11.1 Å². The predicted molar refractivity (Wildman–Crippen MR) is 121 cm³/mol. The molecule has 8 nitrogen and oxygen atoms in total. The normalized spacial score (nSPS) is 14.0. The molecule has 1 aliphatic rings. The van der Waals surface area contributed by atoms with E-state index in [1.165, 1.54) is 16.4 Å². The molecular formula is C22H22N8S. The Hall–Kier alpha value is -3.30. The summed E-state index contributed by atoms with van der Waals surface area (Å²) in [6.45, 7) is 3.92. The zero-order valence-electron chi connectivity index (χ0n) is 17.0. The van der Waals surface area contributed by atoms with Crippen LogP contribution in [0.1, 0.15) is 18.7 Å². The molecule has 5 rings (SSSR count). The number of hydrogen-bond acceptors (Lipinski definition) is 7. The number of hydrogen-bond donors (Lipinski definition) is 3. The Balaban J connectivity index is 1.42. The standard InChI is InChI=1S/C22H22N8S/c1-2-17-3-6-21(23)30(28-17)22(24)31-19-4-5-20-14(8-19)7-15(9-26-20)16-10-27-29(13-16)18-11-25-12-18/h3-10,13,18,23-25H,2,11-12H2,1H3. The number of nitrogens with zero attached hydrogens (tertiary/aromatic N) is 5. The fourth-order valence-electron chi connectivity index (χ4n) is 3.44. The lowest BCUT2D eigenvalue weighted by atomic mass is 10.1. The second-order valence-corrected chi connectivity index (χ2v) is 8.54. The van der Waals surface area contributed by atoms with E-state index in [0.29, 0.717) is 6.04 Å². The molecule has 1 aromatic carbocycles. The summed E-state index contributed by atoms with van der Waals surface area (Å²) in [7, 11) is 0. The van der Waals surface area contributed by atoms with E-state index < -0.39 is 0 Å². The molecule has 1 aliphatic heterocycles. The molecule has 0 bridgehead atoms. The first-order valence-corrected chi connectivity index (χ1v) is 11.0. The van der Waals surface area contributed by atoms with Gasteiger partial charge in [-0.05, 0) is 42.8 Å². The molecule has 156 valence electrons. The maximum atomic E-state index is 8.44. The first kappa shape index (κ1) is 19.7. The predicted octanol–water partition coefficient (Wildman–Crippen LogP) is 3.06. The minimum absolute atomic E-state index is 0.193. The number of fused-ring (bicyclic) bond motifs is 1. The highest BCUT2D eigenvalue weighted by Crippen LogP contribution is 2.27. The van der Waals surface area contributed by atoms with Crippen molar-refractivity contribution in [2.24, 2.45) is 0 Å². The summed E-state index contributed by atoms with van der Waals surface area (Å²) in [5.74, 6) is 0. The molecule has 1 fully saturated rings. The van der Waals surface area contributed by atoms with E-state index in [4.69, 9.17) is 10.8 Å². The van der Waals surface area contributed by atoms with Crippen LogP contribution in [-0.4, -0.2) is 42.8 Å². The Labute approximate surface area is 183 Å². The van der Waals surface area contributed by atoms with Gasteiger partial charge in [0.2, 0.25) is 0 Å². The number of benzene rings is 1. The van der Waals surface area contributed by atoms with Crippen LogP contribution < -0.4 is 10.8 Å². The highest BCUT2D eigenvalue weighted by Gasteiger charge is 2.19. The Kier molecular flexibility index (Phi) is 5.13. The fraction of sp³-hybridized carbons (Fsp3) is 0.227. The van der Waals surface area contributed by atoms with Gasteiger partial charge in [-0.25, -0.2) is 0 Å². The average molecular weight is 431 g/mol. The van der Waals surface area contributed by atoms with Crippen LogP contribution in [0, 0.1) is 10.8 Å². The first-order valence-electron chi connectivity index (χ1n) is 10.2. The maximum absolute atomic E-state index is 8.44. The van der Waals surface area contributed by atoms with Crippen molar-refractivity contribution in [3.05, 3.63) is 66.2 Å². The molecule has 0 aliphatic carbocycles. The van der Waals surface area contributed by atoms with Crippen molar-refractivity contribution < 1.29 is 0 Å². The quantitative estimate of drug-likeness (QED) is 0.262. The van der Waals surface area contributed by atoms with Crippen LogP contribution in [0.4, 0.5) is 0 Å². The van der Waals surface area contributed by atoms with Gasteiger partial charge in [-0.1, -0.05) is 18.7 Å². The zero-order chi connectivity index (χ0) is 21.4. The van der Waals surface area contributed by atoms with Crippen molar-refractivity contribution in [1.82, 2.24) is 29.9 Å². The summed E-state index contributed by atoms with van der Waals surface area (Å²) >= 11 is 1.28. The van der Waals surface area contributed by atoms with Crippen molar-refractivity contribution in [2.45, 2.75) is 24.3 Å². The summed E-state index contributed by atoms with van der Waals surface area (Å²) in [6.07, 6.45) is 6.59. The van der Waals surface area contributed by atoms with E-state index >= 15 is 0 Å². The van der Waals surface area contributed by atoms with E-state index in [9.17, 15) is 0 Å². The summed E-state index contributed by atoms with van der Waals surface area (Å²) < 4.78 is 3.38. The van der Waals surface area contributed by atoms with Crippen molar-refractivity contribution in [3.63, 3.8) is 0 Å². The third-order valence-corrected chi connectivity index (χ3v) is 6.24. The number of aromatic nitrogens is 5. The van der Waals surface area contributed by atoms with E-state index in [2.05, 4.69) is 32.8 Å². The topological polar surface area (TPSA) is 108 Å². The van der Waals surface area contributed by atoms with Gasteiger partial charge in [-0.2, -0.15) is 14.9 Å². The monoisotopic (exact) mass is 430 g/mol. The molecular weight excluding hydrogens is 408 g/mol. The molecule has 0 saturated carbocycles. The number of aryl methyl sites for hydroxylation is 1. The van der Waals surface area contributed by atoms with Gasteiger partial charge in [0.15, 0.2) is 5.17 Å². The van der Waals surface area contributed by atoms with Gasteiger partial charge in [0.05, 0.1) is 23.4 Å². The number of pyridine rings is 1. The van der Waals surface area contributed by atoms with Crippen molar-refractivity contribution >= 4 is 27.8 Å². The minimum atomic E-state index is 0.193. The summed E-state index contributed by atoms with van der Waals surface area (Å²) in [4.78, 5) is 5.51. The minimum Gasteiger partial charge on any atom is -0.312 e. The smallest absolute Gasteiger partial charge is 0.188 e. The van der Waals surface area contributed by atoms with Gasteiger partial charge in [-0.3, -0.25) is 20.5 Å². The van der Waals surface area contributed by atoms with E-state index in [1.54, 1.807) is 6.07 Å². The second kappa shape index (κ2) is 8.09. The van der Waals surface area contributed by atoms with Gasteiger partial charge >= 0.3 is 0 Å². The summed E-state index contributed by atoms with van der Waals surface area (Å²) in [5, 5.41) is 29.9. The molecule has 0 unspecified atom stereocenters. The third-order valence-electron chi connectivity index (χ3n) is 5.38. The third kappa shape index (κ3) is 3.89.